The molecule has 0 fully saturated rings. The van der Waals surface area contributed by atoms with E-state index in [1.165, 1.54) is 0 Å². The Labute approximate surface area is 62.3 Å². The van der Waals surface area contributed by atoms with Gasteiger partial charge in [-0.1, -0.05) is 11.6 Å². The van der Waals surface area contributed by atoms with Crippen LogP contribution in [0, 0.1) is 0 Å². The molecular formula is CHClO6S2-2. The van der Waals surface area contributed by atoms with E-state index in [0.29, 0.717) is 0 Å². The van der Waals surface area contributed by atoms with E-state index in [9.17, 15) is 25.9 Å². The minimum absolute atomic E-state index is 2.93. The van der Waals surface area contributed by atoms with Crippen LogP contribution in [0.4, 0.5) is 0 Å². The molecule has 0 aliphatic heterocycles. The van der Waals surface area contributed by atoms with E-state index < -0.39 is 24.3 Å². The zero-order valence-corrected chi connectivity index (χ0v) is 6.61. The van der Waals surface area contributed by atoms with E-state index in [-0.39, 0.29) is 0 Å². The van der Waals surface area contributed by atoms with Crippen molar-refractivity contribution in [3.05, 3.63) is 0 Å². The molecule has 0 aromatic rings. The van der Waals surface area contributed by atoms with Crippen molar-refractivity contribution in [3.8, 4) is 0 Å². The third-order valence-corrected chi connectivity index (χ3v) is 4.09. The standard InChI is InChI=1S/CH3ClO6S2/c2-1(9(3,4)5)10(6,7)8/h1H,(H,3,4,5)(H,6,7,8)/p-2. The number of halogens is 1. The average Bonchev–Trinajstić information content (AvgIpc) is 1.59. The lowest BCUT2D eigenvalue weighted by Crippen LogP contribution is -2.24. The SMILES string of the molecule is O=S(=O)([O-])C(Cl)S(=O)(=O)[O-]. The van der Waals surface area contributed by atoms with Gasteiger partial charge in [-0.3, -0.25) is 0 Å². The zero-order chi connectivity index (χ0) is 8.58. The van der Waals surface area contributed by atoms with Crippen LogP contribution in [0.15, 0.2) is 0 Å². The van der Waals surface area contributed by atoms with Crippen molar-refractivity contribution < 1.29 is 25.9 Å². The Bertz CT molecular complexity index is 265. The van der Waals surface area contributed by atoms with Crippen LogP contribution in [-0.2, 0) is 20.2 Å². The Kier molecular flexibility index (Phi) is 2.65. The van der Waals surface area contributed by atoms with Crippen LogP contribution < -0.4 is 0 Å². The fourth-order valence-corrected chi connectivity index (χ4v) is 1.30. The molecule has 0 heterocycles. The second-order valence-corrected chi connectivity index (χ2v) is 5.43. The molecule has 0 bridgehead atoms. The lowest BCUT2D eigenvalue weighted by Gasteiger charge is -2.16. The molecule has 0 amide bonds. The molecule has 0 aliphatic rings. The quantitative estimate of drug-likeness (QED) is 0.407. The van der Waals surface area contributed by atoms with Gasteiger partial charge in [0.25, 0.3) is 0 Å². The van der Waals surface area contributed by atoms with Crippen LogP contribution in [0.3, 0.4) is 0 Å². The van der Waals surface area contributed by atoms with Crippen molar-refractivity contribution in [2.75, 3.05) is 0 Å². The molecule has 0 atom stereocenters. The summed E-state index contributed by atoms with van der Waals surface area (Å²) in [6, 6.07) is 0. The van der Waals surface area contributed by atoms with Gasteiger partial charge in [-0.05, 0) is 0 Å². The molecule has 0 radical (unpaired) electrons. The molecule has 0 rings (SSSR count). The smallest absolute Gasteiger partial charge is 0.212 e. The van der Waals surface area contributed by atoms with Gasteiger partial charge in [-0.15, -0.1) is 0 Å². The van der Waals surface area contributed by atoms with E-state index in [4.69, 9.17) is 0 Å². The van der Waals surface area contributed by atoms with Gasteiger partial charge in [-0.2, -0.15) is 0 Å². The normalized spacial score (nSPS) is 14.0. The Balaban J connectivity index is 4.94. The molecule has 6 nitrogen and oxygen atoms in total. The summed E-state index contributed by atoms with van der Waals surface area (Å²) in [5.74, 6) is 0. The average molecular weight is 209 g/mol. The molecule has 0 saturated heterocycles. The summed E-state index contributed by atoms with van der Waals surface area (Å²) < 4.78 is 55.3. The van der Waals surface area contributed by atoms with Gasteiger partial charge in [0.15, 0.2) is 0 Å². The molecular weight excluding hydrogens is 208 g/mol. The third-order valence-electron chi connectivity index (χ3n) is 0.454. The second-order valence-electron chi connectivity index (χ2n) is 1.26. The van der Waals surface area contributed by atoms with Gasteiger partial charge in [0.05, 0.1) is 0 Å². The predicted octanol–water partition coefficient (Wildman–Crippen LogP) is -1.40. The summed E-state index contributed by atoms with van der Waals surface area (Å²) in [7, 11) is -10.5. The Morgan fingerprint density at radius 2 is 1.20 bits per heavy atom. The van der Waals surface area contributed by atoms with Gasteiger partial charge >= 0.3 is 0 Å². The van der Waals surface area contributed by atoms with E-state index >= 15 is 0 Å². The largest absolute Gasteiger partial charge is 0.746 e. The van der Waals surface area contributed by atoms with Crippen LogP contribution in [0.1, 0.15) is 0 Å². The number of alkyl halides is 1. The van der Waals surface area contributed by atoms with Crippen molar-refractivity contribution in [1.82, 2.24) is 0 Å². The minimum Gasteiger partial charge on any atom is -0.746 e. The van der Waals surface area contributed by atoms with Gasteiger partial charge in [0.2, 0.25) is 4.04 Å². The van der Waals surface area contributed by atoms with Crippen molar-refractivity contribution in [2.24, 2.45) is 0 Å². The Morgan fingerprint density at radius 1 is 1.00 bits per heavy atom. The van der Waals surface area contributed by atoms with Crippen molar-refractivity contribution in [3.63, 3.8) is 0 Å². The third kappa shape index (κ3) is 2.80. The molecule has 62 valence electrons. The van der Waals surface area contributed by atoms with E-state index in [2.05, 4.69) is 11.6 Å². The lowest BCUT2D eigenvalue weighted by molar-refractivity contribution is 0.447. The Hall–Kier alpha value is 0.110. The molecule has 10 heavy (non-hydrogen) atoms. The summed E-state index contributed by atoms with van der Waals surface area (Å²) in [5, 5.41) is 0. The summed E-state index contributed by atoms with van der Waals surface area (Å²) in [5.41, 5.74) is 0. The first-order valence-corrected chi connectivity index (χ1v) is 5.07. The summed E-state index contributed by atoms with van der Waals surface area (Å²) in [6.07, 6.45) is 0. The fraction of sp³-hybridized carbons (Fsp3) is 1.00. The number of hydrogen-bond acceptors (Lipinski definition) is 6. The van der Waals surface area contributed by atoms with Crippen LogP contribution >= 0.6 is 11.6 Å². The molecule has 0 aliphatic carbocycles. The minimum atomic E-state index is -5.25. The highest BCUT2D eigenvalue weighted by molar-refractivity contribution is 8.05. The summed E-state index contributed by atoms with van der Waals surface area (Å²) in [6.45, 7) is 0. The monoisotopic (exact) mass is 208 g/mol. The molecule has 0 unspecified atom stereocenters. The molecule has 0 aromatic carbocycles. The molecule has 9 heteroatoms. The highest BCUT2D eigenvalue weighted by Crippen LogP contribution is 2.09. The van der Waals surface area contributed by atoms with Gasteiger partial charge < -0.3 is 9.11 Å². The van der Waals surface area contributed by atoms with Crippen molar-refractivity contribution >= 4 is 31.8 Å². The van der Waals surface area contributed by atoms with Crippen molar-refractivity contribution in [1.29, 1.82) is 0 Å². The summed E-state index contributed by atoms with van der Waals surface area (Å²) >= 11 is 4.43. The maximum absolute atomic E-state index is 9.71. The van der Waals surface area contributed by atoms with E-state index in [1.54, 1.807) is 0 Å². The van der Waals surface area contributed by atoms with E-state index in [1.807, 2.05) is 0 Å². The Morgan fingerprint density at radius 3 is 1.20 bits per heavy atom. The molecule has 0 N–H and O–H groups in total. The first kappa shape index (κ1) is 10.1. The van der Waals surface area contributed by atoms with Gasteiger partial charge in [0.1, 0.15) is 20.2 Å². The predicted molar refractivity (Wildman–Crippen MR) is 29.0 cm³/mol. The zero-order valence-electron chi connectivity index (χ0n) is 4.22. The maximum Gasteiger partial charge on any atom is 0.212 e. The highest BCUT2D eigenvalue weighted by Gasteiger charge is 2.19. The van der Waals surface area contributed by atoms with Crippen LogP contribution in [0.25, 0.3) is 0 Å². The van der Waals surface area contributed by atoms with E-state index in [0.717, 1.165) is 0 Å². The van der Waals surface area contributed by atoms with Gasteiger partial charge in [0, 0.05) is 0 Å². The van der Waals surface area contributed by atoms with Crippen LogP contribution in [0.2, 0.25) is 0 Å². The maximum atomic E-state index is 9.71. The second kappa shape index (κ2) is 2.62. The van der Waals surface area contributed by atoms with Gasteiger partial charge in [-0.25, -0.2) is 16.8 Å². The fourth-order valence-electron chi connectivity index (χ4n) is 0.144. The number of rotatable bonds is 2. The van der Waals surface area contributed by atoms with Crippen LogP contribution in [-0.4, -0.2) is 30.0 Å². The molecule has 0 spiro atoms. The molecule has 0 aromatic heterocycles. The first-order valence-electron chi connectivity index (χ1n) is 1.69. The molecule has 0 saturated carbocycles. The van der Waals surface area contributed by atoms with Crippen molar-refractivity contribution in [2.45, 2.75) is 4.04 Å². The lowest BCUT2D eigenvalue weighted by atomic mass is 11.9. The topological polar surface area (TPSA) is 114 Å². The first-order chi connectivity index (χ1) is 4.15. The highest BCUT2D eigenvalue weighted by atomic mass is 35.5. The van der Waals surface area contributed by atoms with Crippen LogP contribution in [0.5, 0.6) is 0 Å². The number of hydrogen-bond donors (Lipinski definition) is 0. The summed E-state index contributed by atoms with van der Waals surface area (Å²) in [4.78, 5) is 0.